The number of alkyl halides is 1. The lowest BCUT2D eigenvalue weighted by molar-refractivity contribution is -0.123. The van der Waals surface area contributed by atoms with Crippen molar-refractivity contribution >= 4 is 17.5 Å². The monoisotopic (exact) mass is 289 g/mol. The molecule has 0 aromatic heterocycles. The quantitative estimate of drug-likeness (QED) is 0.830. The zero-order valence-electron chi connectivity index (χ0n) is 11.0. The van der Waals surface area contributed by atoms with Crippen molar-refractivity contribution in [3.05, 3.63) is 66.2 Å². The van der Waals surface area contributed by atoms with Gasteiger partial charge < -0.3 is 10.1 Å². The van der Waals surface area contributed by atoms with E-state index in [4.69, 9.17) is 16.3 Å². The zero-order chi connectivity index (χ0) is 14.2. The molecule has 0 aliphatic carbocycles. The normalized spacial score (nSPS) is 11.7. The first-order valence-electron chi connectivity index (χ1n) is 6.39. The summed E-state index contributed by atoms with van der Waals surface area (Å²) in [4.78, 5) is 11.7. The Kier molecular flexibility index (Phi) is 5.44. The second-order valence-electron chi connectivity index (χ2n) is 4.28. The molecule has 0 aliphatic heterocycles. The smallest absolute Gasteiger partial charge is 0.257 e. The van der Waals surface area contributed by atoms with Crippen LogP contribution in [-0.4, -0.2) is 19.1 Å². The van der Waals surface area contributed by atoms with Crippen molar-refractivity contribution in [1.29, 1.82) is 0 Å². The Bertz CT molecular complexity index is 531. The molecule has 2 aromatic rings. The van der Waals surface area contributed by atoms with Crippen LogP contribution in [0.1, 0.15) is 10.9 Å². The Hall–Kier alpha value is -2.00. The van der Waals surface area contributed by atoms with Crippen LogP contribution in [0.3, 0.4) is 0 Å². The molecule has 0 heterocycles. The molecule has 0 aliphatic rings. The Morgan fingerprint density at radius 3 is 2.30 bits per heavy atom. The maximum absolute atomic E-state index is 11.7. The van der Waals surface area contributed by atoms with E-state index in [1.54, 1.807) is 0 Å². The number of benzene rings is 2. The van der Waals surface area contributed by atoms with Crippen LogP contribution in [0.15, 0.2) is 60.7 Å². The first-order valence-corrected chi connectivity index (χ1v) is 6.83. The van der Waals surface area contributed by atoms with Gasteiger partial charge in [0.15, 0.2) is 6.61 Å². The van der Waals surface area contributed by atoms with Gasteiger partial charge >= 0.3 is 0 Å². The SMILES string of the molecule is O=C(COc1ccccc1)NCC(Cl)c1ccccc1. The molecule has 2 rings (SSSR count). The van der Waals surface area contributed by atoms with Gasteiger partial charge in [-0.3, -0.25) is 4.79 Å². The van der Waals surface area contributed by atoms with Gasteiger partial charge in [0, 0.05) is 6.54 Å². The number of carbonyl (C=O) groups is 1. The van der Waals surface area contributed by atoms with Crippen molar-refractivity contribution in [3.8, 4) is 5.75 Å². The molecule has 0 spiro atoms. The van der Waals surface area contributed by atoms with Gasteiger partial charge in [0.25, 0.3) is 5.91 Å². The fourth-order valence-corrected chi connectivity index (χ4v) is 1.92. The van der Waals surface area contributed by atoms with E-state index in [1.165, 1.54) is 0 Å². The molecule has 0 saturated heterocycles. The average Bonchev–Trinajstić information content (AvgIpc) is 2.52. The van der Waals surface area contributed by atoms with E-state index in [0.717, 1.165) is 5.56 Å². The van der Waals surface area contributed by atoms with Gasteiger partial charge in [0.1, 0.15) is 5.75 Å². The Morgan fingerprint density at radius 1 is 1.05 bits per heavy atom. The van der Waals surface area contributed by atoms with Gasteiger partial charge in [-0.1, -0.05) is 48.5 Å². The molecule has 104 valence electrons. The van der Waals surface area contributed by atoms with Crippen LogP contribution in [0.5, 0.6) is 5.75 Å². The van der Waals surface area contributed by atoms with Gasteiger partial charge in [-0.05, 0) is 17.7 Å². The topological polar surface area (TPSA) is 38.3 Å². The summed E-state index contributed by atoms with van der Waals surface area (Å²) in [6, 6.07) is 18.9. The highest BCUT2D eigenvalue weighted by atomic mass is 35.5. The van der Waals surface area contributed by atoms with Crippen LogP contribution >= 0.6 is 11.6 Å². The van der Waals surface area contributed by atoms with Crippen molar-refractivity contribution in [2.75, 3.05) is 13.2 Å². The second-order valence-corrected chi connectivity index (χ2v) is 4.81. The first-order chi connectivity index (χ1) is 9.75. The van der Waals surface area contributed by atoms with E-state index < -0.39 is 0 Å². The Balaban J connectivity index is 1.73. The van der Waals surface area contributed by atoms with Gasteiger partial charge in [0.2, 0.25) is 0 Å². The van der Waals surface area contributed by atoms with Crippen LogP contribution in [-0.2, 0) is 4.79 Å². The summed E-state index contributed by atoms with van der Waals surface area (Å²) < 4.78 is 5.35. The molecule has 0 radical (unpaired) electrons. The van der Waals surface area contributed by atoms with E-state index >= 15 is 0 Å². The fourth-order valence-electron chi connectivity index (χ4n) is 1.70. The van der Waals surface area contributed by atoms with E-state index in [2.05, 4.69) is 5.32 Å². The van der Waals surface area contributed by atoms with Crippen LogP contribution in [0.25, 0.3) is 0 Å². The lowest BCUT2D eigenvalue weighted by Gasteiger charge is -2.11. The maximum Gasteiger partial charge on any atom is 0.257 e. The van der Waals surface area contributed by atoms with Crippen LogP contribution in [0, 0.1) is 0 Å². The van der Waals surface area contributed by atoms with Crippen molar-refractivity contribution < 1.29 is 9.53 Å². The Morgan fingerprint density at radius 2 is 1.65 bits per heavy atom. The molecule has 2 aromatic carbocycles. The predicted molar refractivity (Wildman–Crippen MR) is 80.0 cm³/mol. The number of rotatable bonds is 6. The largest absolute Gasteiger partial charge is 0.484 e. The highest BCUT2D eigenvalue weighted by molar-refractivity contribution is 6.21. The molecule has 0 bridgehead atoms. The van der Waals surface area contributed by atoms with Crippen molar-refractivity contribution in [2.45, 2.75) is 5.38 Å². The maximum atomic E-state index is 11.7. The third kappa shape index (κ3) is 4.59. The van der Waals surface area contributed by atoms with Gasteiger partial charge in [-0.25, -0.2) is 0 Å². The first kappa shape index (κ1) is 14.4. The molecule has 1 unspecified atom stereocenters. The summed E-state index contributed by atoms with van der Waals surface area (Å²) in [6.45, 7) is 0.366. The molecule has 1 atom stereocenters. The summed E-state index contributed by atoms with van der Waals surface area (Å²) in [5, 5.41) is 2.52. The summed E-state index contributed by atoms with van der Waals surface area (Å²) in [5.74, 6) is 0.489. The fraction of sp³-hybridized carbons (Fsp3) is 0.188. The number of amides is 1. The molecule has 0 saturated carbocycles. The number of carbonyl (C=O) groups excluding carboxylic acids is 1. The van der Waals surface area contributed by atoms with Gasteiger partial charge in [0.05, 0.1) is 5.38 Å². The number of halogens is 1. The lowest BCUT2D eigenvalue weighted by Crippen LogP contribution is -2.31. The molecule has 4 heteroatoms. The third-order valence-electron chi connectivity index (χ3n) is 2.75. The molecule has 1 amide bonds. The highest BCUT2D eigenvalue weighted by Gasteiger charge is 2.09. The molecule has 0 fully saturated rings. The number of hydrogen-bond donors (Lipinski definition) is 1. The summed E-state index contributed by atoms with van der Waals surface area (Å²) >= 11 is 6.21. The van der Waals surface area contributed by atoms with E-state index in [-0.39, 0.29) is 17.9 Å². The second kappa shape index (κ2) is 7.56. The number of hydrogen-bond acceptors (Lipinski definition) is 2. The van der Waals surface area contributed by atoms with E-state index in [1.807, 2.05) is 60.7 Å². The molecular formula is C16H16ClNO2. The standard InChI is InChI=1S/C16H16ClNO2/c17-15(13-7-3-1-4-8-13)11-18-16(19)12-20-14-9-5-2-6-10-14/h1-10,15H,11-12H2,(H,18,19). The summed E-state index contributed by atoms with van der Waals surface area (Å²) in [5.41, 5.74) is 0.985. The van der Waals surface area contributed by atoms with Crippen LogP contribution < -0.4 is 10.1 Å². The average molecular weight is 290 g/mol. The van der Waals surface area contributed by atoms with Crippen LogP contribution in [0.4, 0.5) is 0 Å². The predicted octanol–water partition coefficient (Wildman–Crippen LogP) is 3.16. The third-order valence-corrected chi connectivity index (χ3v) is 3.16. The molecular weight excluding hydrogens is 274 g/mol. The summed E-state index contributed by atoms with van der Waals surface area (Å²) in [7, 11) is 0. The van der Waals surface area contributed by atoms with Crippen molar-refractivity contribution in [2.24, 2.45) is 0 Å². The number of para-hydroxylation sites is 1. The minimum atomic E-state index is -0.239. The van der Waals surface area contributed by atoms with E-state index in [9.17, 15) is 4.79 Å². The number of nitrogens with one attached hydrogen (secondary N) is 1. The lowest BCUT2D eigenvalue weighted by atomic mass is 10.1. The minimum Gasteiger partial charge on any atom is -0.484 e. The molecule has 1 N–H and O–H groups in total. The van der Waals surface area contributed by atoms with Gasteiger partial charge in [-0.2, -0.15) is 0 Å². The Labute approximate surface area is 123 Å². The van der Waals surface area contributed by atoms with E-state index in [0.29, 0.717) is 12.3 Å². The van der Waals surface area contributed by atoms with Crippen molar-refractivity contribution in [1.82, 2.24) is 5.32 Å². The van der Waals surface area contributed by atoms with Crippen LogP contribution in [0.2, 0.25) is 0 Å². The molecule has 20 heavy (non-hydrogen) atoms. The van der Waals surface area contributed by atoms with Crippen molar-refractivity contribution in [3.63, 3.8) is 0 Å². The minimum absolute atomic E-state index is 0.0115. The van der Waals surface area contributed by atoms with Gasteiger partial charge in [-0.15, -0.1) is 11.6 Å². The number of ether oxygens (including phenoxy) is 1. The summed E-state index contributed by atoms with van der Waals surface area (Å²) in [6.07, 6.45) is 0. The molecule has 3 nitrogen and oxygen atoms in total. The zero-order valence-corrected chi connectivity index (χ0v) is 11.7. The highest BCUT2D eigenvalue weighted by Crippen LogP contribution is 2.18.